The largest absolute Gasteiger partial charge is 0.450 e. The van der Waals surface area contributed by atoms with Crippen molar-refractivity contribution in [1.82, 2.24) is 5.43 Å². The first-order valence-electron chi connectivity index (χ1n) is 6.00. The van der Waals surface area contributed by atoms with Crippen molar-refractivity contribution in [2.24, 2.45) is 5.84 Å². The molecule has 19 heavy (non-hydrogen) atoms. The van der Waals surface area contributed by atoms with Crippen molar-refractivity contribution in [3.63, 3.8) is 0 Å². The number of para-hydroxylation sites is 1. The van der Waals surface area contributed by atoms with Crippen molar-refractivity contribution in [3.8, 4) is 0 Å². The van der Waals surface area contributed by atoms with Crippen molar-refractivity contribution in [1.29, 1.82) is 0 Å². The molecule has 100 valence electrons. The van der Waals surface area contributed by atoms with Crippen LogP contribution in [0.4, 0.5) is 0 Å². The number of nitrogens with one attached hydrogen (secondary N) is 1. The molecule has 1 aliphatic rings. The van der Waals surface area contributed by atoms with E-state index < -0.39 is 5.91 Å². The van der Waals surface area contributed by atoms with Crippen molar-refractivity contribution >= 4 is 16.9 Å². The van der Waals surface area contributed by atoms with Crippen LogP contribution in [0.5, 0.6) is 0 Å². The summed E-state index contributed by atoms with van der Waals surface area (Å²) in [6, 6.07) is 7.43. The van der Waals surface area contributed by atoms with Crippen molar-refractivity contribution < 1.29 is 18.7 Å². The molecule has 0 atom stereocenters. The van der Waals surface area contributed by atoms with Gasteiger partial charge in [0.1, 0.15) is 11.7 Å². The molecule has 2 heterocycles. The van der Waals surface area contributed by atoms with E-state index in [0.29, 0.717) is 31.0 Å². The molecule has 1 saturated heterocycles. The Morgan fingerprint density at radius 1 is 1.42 bits per heavy atom. The van der Waals surface area contributed by atoms with E-state index in [1.165, 1.54) is 0 Å². The Labute approximate surface area is 109 Å². The number of ether oxygens (including phenoxy) is 2. The summed E-state index contributed by atoms with van der Waals surface area (Å²) < 4.78 is 16.2. The second-order valence-electron chi connectivity index (χ2n) is 4.35. The molecule has 0 aliphatic carbocycles. The number of hydrogen-bond donors (Lipinski definition) is 2. The molecule has 1 aromatic heterocycles. The number of hydrazine groups is 1. The van der Waals surface area contributed by atoms with Gasteiger partial charge in [0.25, 0.3) is 0 Å². The average Bonchev–Trinajstić information content (AvgIpc) is 2.75. The molecule has 6 heteroatoms. The smallest absolute Gasteiger partial charge is 0.301 e. The first-order valence-corrected chi connectivity index (χ1v) is 6.00. The quantitative estimate of drug-likeness (QED) is 0.486. The fourth-order valence-electron chi connectivity index (χ4n) is 2.00. The maximum absolute atomic E-state index is 11.7. The van der Waals surface area contributed by atoms with Crippen LogP contribution in [0.25, 0.3) is 11.0 Å². The number of nitrogen functional groups attached to an aromatic ring is 1. The van der Waals surface area contributed by atoms with Gasteiger partial charge in [-0.05, 0) is 6.07 Å². The molecular formula is C13H14N2O4. The average molecular weight is 262 g/mol. The van der Waals surface area contributed by atoms with Gasteiger partial charge in [0.05, 0.1) is 19.8 Å². The zero-order chi connectivity index (χ0) is 13.2. The van der Waals surface area contributed by atoms with Crippen LogP contribution in [-0.2, 0) is 16.1 Å². The molecule has 0 bridgehead atoms. The third kappa shape index (κ3) is 2.21. The van der Waals surface area contributed by atoms with E-state index in [-0.39, 0.29) is 11.9 Å². The third-order valence-electron chi connectivity index (χ3n) is 3.11. The Hall–Kier alpha value is -1.89. The molecule has 0 radical (unpaired) electrons. The number of amides is 1. The minimum atomic E-state index is -0.459. The van der Waals surface area contributed by atoms with E-state index in [9.17, 15) is 4.79 Å². The fourth-order valence-corrected chi connectivity index (χ4v) is 2.00. The lowest BCUT2D eigenvalue weighted by molar-refractivity contribution is -0.135. The molecule has 1 aliphatic heterocycles. The molecule has 2 aromatic rings. The summed E-state index contributed by atoms with van der Waals surface area (Å²) in [6.45, 7) is 1.48. The summed E-state index contributed by atoms with van der Waals surface area (Å²) in [4.78, 5) is 11.7. The molecular weight excluding hydrogens is 248 g/mol. The number of carbonyl (C=O) groups excluding carboxylic acids is 1. The van der Waals surface area contributed by atoms with Crippen LogP contribution in [-0.4, -0.2) is 25.2 Å². The van der Waals surface area contributed by atoms with E-state index in [0.717, 1.165) is 5.39 Å². The Balaban J connectivity index is 1.94. The highest BCUT2D eigenvalue weighted by molar-refractivity contribution is 5.98. The van der Waals surface area contributed by atoms with E-state index in [4.69, 9.17) is 19.7 Å². The van der Waals surface area contributed by atoms with Crippen LogP contribution < -0.4 is 11.3 Å². The SMILES string of the molecule is NNC(=O)c1oc2ccccc2c1COC1COC1. The highest BCUT2D eigenvalue weighted by Gasteiger charge is 2.23. The molecule has 1 amide bonds. The summed E-state index contributed by atoms with van der Waals surface area (Å²) in [5, 5.41) is 0.862. The number of hydrogen-bond acceptors (Lipinski definition) is 5. The standard InChI is InChI=1S/C13H14N2O4/c14-15-13(16)12-10(7-18-8-5-17-6-8)9-3-1-2-4-11(9)19-12/h1-4,8H,5-7,14H2,(H,15,16). The van der Waals surface area contributed by atoms with Gasteiger partial charge in [-0.3, -0.25) is 10.2 Å². The maximum atomic E-state index is 11.7. The summed E-state index contributed by atoms with van der Waals surface area (Å²) >= 11 is 0. The van der Waals surface area contributed by atoms with E-state index in [1.54, 1.807) is 6.07 Å². The topological polar surface area (TPSA) is 86.7 Å². The number of benzene rings is 1. The fraction of sp³-hybridized carbons (Fsp3) is 0.308. The van der Waals surface area contributed by atoms with Crippen LogP contribution in [0.2, 0.25) is 0 Å². The Morgan fingerprint density at radius 3 is 2.89 bits per heavy atom. The second kappa shape index (κ2) is 5.00. The van der Waals surface area contributed by atoms with Crippen LogP contribution in [0.1, 0.15) is 16.1 Å². The second-order valence-corrected chi connectivity index (χ2v) is 4.35. The molecule has 0 unspecified atom stereocenters. The number of nitrogens with two attached hydrogens (primary N) is 1. The van der Waals surface area contributed by atoms with Gasteiger partial charge in [-0.25, -0.2) is 5.84 Å². The molecule has 0 spiro atoms. The Morgan fingerprint density at radius 2 is 2.21 bits per heavy atom. The Kier molecular flexibility index (Phi) is 3.20. The number of fused-ring (bicyclic) bond motifs is 1. The van der Waals surface area contributed by atoms with Gasteiger partial charge >= 0.3 is 5.91 Å². The van der Waals surface area contributed by atoms with Gasteiger partial charge in [0.15, 0.2) is 5.76 Å². The predicted molar refractivity (Wildman–Crippen MR) is 67.3 cm³/mol. The molecule has 3 N–H and O–H groups in total. The number of furan rings is 1. The molecule has 6 nitrogen and oxygen atoms in total. The van der Waals surface area contributed by atoms with Gasteiger partial charge in [0.2, 0.25) is 0 Å². The third-order valence-corrected chi connectivity index (χ3v) is 3.11. The van der Waals surface area contributed by atoms with Crippen molar-refractivity contribution in [3.05, 3.63) is 35.6 Å². The van der Waals surface area contributed by atoms with Crippen LogP contribution in [0.15, 0.2) is 28.7 Å². The van der Waals surface area contributed by atoms with E-state index in [2.05, 4.69) is 5.43 Å². The van der Waals surface area contributed by atoms with Gasteiger partial charge < -0.3 is 13.9 Å². The van der Waals surface area contributed by atoms with Crippen molar-refractivity contribution in [2.45, 2.75) is 12.7 Å². The van der Waals surface area contributed by atoms with Gasteiger partial charge in [-0.2, -0.15) is 0 Å². The zero-order valence-electron chi connectivity index (χ0n) is 10.2. The Bertz CT molecular complexity index is 604. The summed E-state index contributed by atoms with van der Waals surface area (Å²) in [6.07, 6.45) is 0.0856. The molecule has 3 rings (SSSR count). The summed E-state index contributed by atoms with van der Waals surface area (Å²) in [7, 11) is 0. The summed E-state index contributed by atoms with van der Waals surface area (Å²) in [5.74, 6) is 4.91. The van der Waals surface area contributed by atoms with Gasteiger partial charge in [-0.15, -0.1) is 0 Å². The predicted octanol–water partition coefficient (Wildman–Crippen LogP) is 0.952. The summed E-state index contributed by atoms with van der Waals surface area (Å²) in [5.41, 5.74) is 3.44. The first-order chi connectivity index (χ1) is 9.29. The minimum Gasteiger partial charge on any atom is -0.450 e. The molecule has 1 aromatic carbocycles. The lowest BCUT2D eigenvalue weighted by Crippen LogP contribution is -2.36. The maximum Gasteiger partial charge on any atom is 0.301 e. The number of carbonyl (C=O) groups is 1. The van der Waals surface area contributed by atoms with Gasteiger partial charge in [0, 0.05) is 10.9 Å². The molecule has 0 saturated carbocycles. The highest BCUT2D eigenvalue weighted by atomic mass is 16.6. The normalized spacial score (nSPS) is 15.4. The zero-order valence-corrected chi connectivity index (χ0v) is 10.2. The van der Waals surface area contributed by atoms with Crippen LogP contribution in [0.3, 0.4) is 0 Å². The lowest BCUT2D eigenvalue weighted by atomic mass is 10.1. The monoisotopic (exact) mass is 262 g/mol. The molecule has 1 fully saturated rings. The van der Waals surface area contributed by atoms with Crippen LogP contribution >= 0.6 is 0 Å². The van der Waals surface area contributed by atoms with Crippen molar-refractivity contribution in [2.75, 3.05) is 13.2 Å². The van der Waals surface area contributed by atoms with Crippen LogP contribution in [0, 0.1) is 0 Å². The van der Waals surface area contributed by atoms with E-state index in [1.807, 2.05) is 18.2 Å². The lowest BCUT2D eigenvalue weighted by Gasteiger charge is -2.25. The van der Waals surface area contributed by atoms with Gasteiger partial charge in [-0.1, -0.05) is 18.2 Å². The van der Waals surface area contributed by atoms with E-state index >= 15 is 0 Å². The first kappa shape index (κ1) is 12.2. The number of rotatable bonds is 4. The highest BCUT2D eigenvalue weighted by Crippen LogP contribution is 2.27. The minimum absolute atomic E-state index is 0.0856.